The van der Waals surface area contributed by atoms with Crippen LogP contribution in [0.2, 0.25) is 0 Å². The molecule has 0 spiro atoms. The number of nitrogens with one attached hydrogen (secondary N) is 2. The molecule has 1 aliphatic rings. The molecular weight excluding hydrogens is 332 g/mol. The second kappa shape index (κ2) is 7.86. The van der Waals surface area contributed by atoms with Crippen LogP contribution < -0.4 is 15.5 Å². The van der Waals surface area contributed by atoms with Gasteiger partial charge in [0.15, 0.2) is 0 Å². The molecule has 0 fully saturated rings. The maximum Gasteiger partial charge on any atom is 0.319 e. The number of nitrogens with zero attached hydrogens (tertiary/aromatic N) is 2. The van der Waals surface area contributed by atoms with Gasteiger partial charge in [-0.05, 0) is 43.5 Å². The fraction of sp³-hybridized carbons (Fsp3) is 0.316. The molecule has 136 valence electrons. The van der Waals surface area contributed by atoms with E-state index in [1.165, 1.54) is 35.5 Å². The van der Waals surface area contributed by atoms with E-state index < -0.39 is 4.92 Å². The summed E-state index contributed by atoms with van der Waals surface area (Å²) >= 11 is 0. The zero-order chi connectivity index (χ0) is 18.5. The van der Waals surface area contributed by atoms with Crippen molar-refractivity contribution in [3.8, 4) is 0 Å². The second-order valence-corrected chi connectivity index (χ2v) is 6.39. The van der Waals surface area contributed by atoms with Crippen LogP contribution >= 0.6 is 0 Å². The molecule has 0 saturated carbocycles. The molecule has 1 aliphatic heterocycles. The zero-order valence-corrected chi connectivity index (χ0v) is 14.6. The maximum absolute atomic E-state index is 12.0. The minimum atomic E-state index is -0.471. The number of aryl methyl sites for hydroxylation is 1. The van der Waals surface area contributed by atoms with E-state index in [4.69, 9.17) is 0 Å². The Bertz CT molecular complexity index is 792. The summed E-state index contributed by atoms with van der Waals surface area (Å²) < 4.78 is 0. The number of non-ortho nitro benzene ring substituents is 1. The summed E-state index contributed by atoms with van der Waals surface area (Å²) in [4.78, 5) is 24.5. The van der Waals surface area contributed by atoms with E-state index in [-0.39, 0.29) is 11.7 Å². The van der Waals surface area contributed by atoms with Gasteiger partial charge < -0.3 is 15.5 Å². The van der Waals surface area contributed by atoms with Crippen molar-refractivity contribution < 1.29 is 9.72 Å². The first-order chi connectivity index (χ1) is 12.5. The van der Waals surface area contributed by atoms with E-state index >= 15 is 0 Å². The number of hydrogen-bond donors (Lipinski definition) is 2. The number of nitro benzene ring substituents is 1. The summed E-state index contributed by atoms with van der Waals surface area (Å²) in [5.74, 6) is 0. The van der Waals surface area contributed by atoms with Gasteiger partial charge in [0.1, 0.15) is 0 Å². The lowest BCUT2D eigenvalue weighted by molar-refractivity contribution is -0.384. The number of amides is 2. The van der Waals surface area contributed by atoms with Gasteiger partial charge in [0, 0.05) is 42.6 Å². The number of fused-ring (bicyclic) bond motifs is 1. The molecule has 0 radical (unpaired) electrons. The van der Waals surface area contributed by atoms with Crippen LogP contribution in [-0.2, 0) is 6.42 Å². The molecule has 3 rings (SSSR count). The van der Waals surface area contributed by atoms with Crippen LogP contribution in [0.1, 0.15) is 18.9 Å². The fourth-order valence-corrected chi connectivity index (χ4v) is 3.23. The van der Waals surface area contributed by atoms with Crippen molar-refractivity contribution in [1.29, 1.82) is 0 Å². The molecule has 0 aliphatic carbocycles. The predicted molar refractivity (Wildman–Crippen MR) is 102 cm³/mol. The Morgan fingerprint density at radius 1 is 1.23 bits per heavy atom. The number of urea groups is 1. The fourth-order valence-electron chi connectivity index (χ4n) is 3.23. The number of benzene rings is 2. The van der Waals surface area contributed by atoms with Gasteiger partial charge in [-0.1, -0.05) is 18.2 Å². The van der Waals surface area contributed by atoms with Gasteiger partial charge in [0.25, 0.3) is 5.69 Å². The largest absolute Gasteiger partial charge is 0.367 e. The minimum Gasteiger partial charge on any atom is -0.367 e. The van der Waals surface area contributed by atoms with Gasteiger partial charge in [-0.3, -0.25) is 10.1 Å². The Balaban J connectivity index is 1.51. The van der Waals surface area contributed by atoms with Crippen molar-refractivity contribution in [2.75, 3.05) is 23.3 Å². The molecule has 26 heavy (non-hydrogen) atoms. The monoisotopic (exact) mass is 354 g/mol. The van der Waals surface area contributed by atoms with E-state index in [0.29, 0.717) is 18.3 Å². The molecule has 0 unspecified atom stereocenters. The molecule has 2 aromatic carbocycles. The molecule has 2 N–H and O–H groups in total. The number of para-hydroxylation sites is 1. The van der Waals surface area contributed by atoms with Crippen LogP contribution in [0.5, 0.6) is 0 Å². The van der Waals surface area contributed by atoms with Gasteiger partial charge >= 0.3 is 6.03 Å². The van der Waals surface area contributed by atoms with Crippen LogP contribution in [0, 0.1) is 10.1 Å². The van der Waals surface area contributed by atoms with Crippen molar-refractivity contribution in [3.63, 3.8) is 0 Å². The van der Waals surface area contributed by atoms with Crippen molar-refractivity contribution in [1.82, 2.24) is 5.32 Å². The summed E-state index contributed by atoms with van der Waals surface area (Å²) in [5.41, 5.74) is 3.10. The molecular formula is C19H22N4O3. The molecule has 0 bridgehead atoms. The first-order valence-electron chi connectivity index (χ1n) is 8.68. The minimum absolute atomic E-state index is 0.00582. The van der Waals surface area contributed by atoms with E-state index in [9.17, 15) is 14.9 Å². The molecule has 1 heterocycles. The quantitative estimate of drug-likeness (QED) is 0.635. The van der Waals surface area contributed by atoms with Gasteiger partial charge in [-0.2, -0.15) is 0 Å². The van der Waals surface area contributed by atoms with Crippen LogP contribution in [0.15, 0.2) is 48.5 Å². The molecule has 0 aromatic heterocycles. The number of hydrogen-bond acceptors (Lipinski definition) is 4. The van der Waals surface area contributed by atoms with E-state index in [1.54, 1.807) is 0 Å². The van der Waals surface area contributed by atoms with E-state index in [1.807, 2.05) is 6.07 Å². The number of rotatable bonds is 5. The number of anilines is 2. The molecule has 7 heteroatoms. The topological polar surface area (TPSA) is 87.5 Å². The third-order valence-electron chi connectivity index (χ3n) is 4.64. The van der Waals surface area contributed by atoms with Crippen LogP contribution in [0.3, 0.4) is 0 Å². The van der Waals surface area contributed by atoms with E-state index in [2.05, 4.69) is 40.7 Å². The summed E-state index contributed by atoms with van der Waals surface area (Å²) in [5, 5.41) is 16.2. The Labute approximate surface area is 152 Å². The highest BCUT2D eigenvalue weighted by Crippen LogP contribution is 2.29. The summed E-state index contributed by atoms with van der Waals surface area (Å²) in [7, 11) is 0. The number of nitro groups is 1. The van der Waals surface area contributed by atoms with Crippen LogP contribution in [0.25, 0.3) is 0 Å². The Morgan fingerprint density at radius 2 is 1.96 bits per heavy atom. The Hall–Kier alpha value is -3.09. The first-order valence-corrected chi connectivity index (χ1v) is 8.68. The second-order valence-electron chi connectivity index (χ2n) is 6.39. The van der Waals surface area contributed by atoms with Crippen molar-refractivity contribution in [2.24, 2.45) is 0 Å². The maximum atomic E-state index is 12.0. The highest BCUT2D eigenvalue weighted by molar-refractivity contribution is 5.89. The standard InChI is InChI=1S/C19H22N4O3/c1-14-6-7-15-4-2-3-5-18(15)22(14)13-12-20-19(24)21-16-8-10-17(11-9-16)23(25)26/h2-5,8-11,14H,6-7,12-13H2,1H3,(H2,20,21,24)/t14-/m1/s1. The van der Waals surface area contributed by atoms with Crippen molar-refractivity contribution in [3.05, 3.63) is 64.2 Å². The average molecular weight is 354 g/mol. The lowest BCUT2D eigenvalue weighted by atomic mass is 9.97. The molecule has 2 aromatic rings. The van der Waals surface area contributed by atoms with Crippen LogP contribution in [0.4, 0.5) is 21.9 Å². The van der Waals surface area contributed by atoms with Gasteiger partial charge in [0.2, 0.25) is 0 Å². The molecule has 2 amide bonds. The first kappa shape index (κ1) is 17.7. The van der Waals surface area contributed by atoms with Crippen LogP contribution in [-0.4, -0.2) is 30.1 Å². The number of carbonyl (C=O) groups excluding carboxylic acids is 1. The van der Waals surface area contributed by atoms with Crippen molar-refractivity contribution >= 4 is 23.1 Å². The summed E-state index contributed by atoms with van der Waals surface area (Å²) in [6.45, 7) is 3.44. The lowest BCUT2D eigenvalue weighted by Crippen LogP contribution is -2.43. The molecule has 1 atom stereocenters. The third kappa shape index (κ3) is 4.11. The number of carbonyl (C=O) groups is 1. The Morgan fingerprint density at radius 3 is 2.69 bits per heavy atom. The molecule has 0 saturated heterocycles. The van der Waals surface area contributed by atoms with Gasteiger partial charge in [-0.25, -0.2) is 4.79 Å². The van der Waals surface area contributed by atoms with Gasteiger partial charge in [0.05, 0.1) is 4.92 Å². The smallest absolute Gasteiger partial charge is 0.319 e. The zero-order valence-electron chi connectivity index (χ0n) is 14.6. The summed E-state index contributed by atoms with van der Waals surface area (Å²) in [6, 6.07) is 14.2. The van der Waals surface area contributed by atoms with Gasteiger partial charge in [-0.15, -0.1) is 0 Å². The highest BCUT2D eigenvalue weighted by atomic mass is 16.6. The lowest BCUT2D eigenvalue weighted by Gasteiger charge is -2.37. The highest BCUT2D eigenvalue weighted by Gasteiger charge is 2.22. The normalized spacial score (nSPS) is 15.9. The van der Waals surface area contributed by atoms with Crippen molar-refractivity contribution in [2.45, 2.75) is 25.8 Å². The summed E-state index contributed by atoms with van der Waals surface area (Å²) in [6.07, 6.45) is 2.19. The molecule has 7 nitrogen and oxygen atoms in total. The third-order valence-corrected chi connectivity index (χ3v) is 4.64. The SMILES string of the molecule is C[C@@H]1CCc2ccccc2N1CCNC(=O)Nc1ccc([N+](=O)[O-])cc1. The van der Waals surface area contributed by atoms with E-state index in [0.717, 1.165) is 19.4 Å². The average Bonchev–Trinajstić information content (AvgIpc) is 2.64. The predicted octanol–water partition coefficient (Wildman–Crippen LogP) is 3.56. The Kier molecular flexibility index (Phi) is 5.36.